The number of thiophene rings is 1. The van der Waals surface area contributed by atoms with Crippen LogP contribution in [0.4, 0.5) is 5.69 Å². The average Bonchev–Trinajstić information content (AvgIpc) is 3.31. The van der Waals surface area contributed by atoms with Gasteiger partial charge in [-0.2, -0.15) is 0 Å². The van der Waals surface area contributed by atoms with E-state index < -0.39 is 10.0 Å². The second-order valence-corrected chi connectivity index (χ2v) is 9.16. The lowest BCUT2D eigenvalue weighted by molar-refractivity contribution is 0.101. The smallest absolute Gasteiger partial charge is 0.272 e. The largest absolute Gasteiger partial charge is 0.331 e. The van der Waals surface area contributed by atoms with Crippen LogP contribution in [0.2, 0.25) is 0 Å². The molecular weight excluding hydrogens is 418 g/mol. The molecule has 1 amide bonds. The molecule has 2 heterocycles. The fourth-order valence-electron chi connectivity index (χ4n) is 3.15. The minimum Gasteiger partial charge on any atom is -0.331 e. The Morgan fingerprint density at radius 2 is 1.80 bits per heavy atom. The molecule has 30 heavy (non-hydrogen) atoms. The van der Waals surface area contributed by atoms with Crippen LogP contribution in [0, 0.1) is 12.3 Å². The van der Waals surface area contributed by atoms with E-state index in [4.69, 9.17) is 11.6 Å². The summed E-state index contributed by atoms with van der Waals surface area (Å²) in [5.41, 5.74) is 3.77. The van der Waals surface area contributed by atoms with Crippen LogP contribution in [-0.2, 0) is 16.6 Å². The number of nitrogens with two attached hydrogens (primary N) is 1. The number of nitrogens with one attached hydrogen (secondary N) is 1. The predicted octanol–water partition coefficient (Wildman–Crippen LogP) is 3.63. The lowest BCUT2D eigenvalue weighted by atomic mass is 10.1. The van der Waals surface area contributed by atoms with Gasteiger partial charge in [-0.05, 0) is 59.5 Å². The normalized spacial score (nSPS) is 11.3. The second-order valence-electron chi connectivity index (χ2n) is 6.65. The number of amides is 1. The minimum atomic E-state index is -3.78. The molecule has 3 N–H and O–H groups in total. The number of sulfonamides is 1. The topological polar surface area (TPSA) is 94.2 Å². The van der Waals surface area contributed by atoms with E-state index in [-0.39, 0.29) is 10.8 Å². The van der Waals surface area contributed by atoms with E-state index in [1.54, 1.807) is 11.3 Å². The maximum absolute atomic E-state index is 13.0. The molecule has 0 spiro atoms. The number of carbonyl (C=O) groups is 1. The lowest BCUT2D eigenvalue weighted by Crippen LogP contribution is -2.18. The maximum atomic E-state index is 13.0. The first-order valence-electron chi connectivity index (χ1n) is 8.91. The lowest BCUT2D eigenvalue weighted by Gasteiger charge is -2.11. The molecule has 4 rings (SSSR count). The van der Waals surface area contributed by atoms with Gasteiger partial charge in [0.05, 0.1) is 15.1 Å². The number of terminal acetylenes is 1. The monoisotopic (exact) mass is 435 g/mol. The van der Waals surface area contributed by atoms with E-state index in [0.29, 0.717) is 17.9 Å². The van der Waals surface area contributed by atoms with Gasteiger partial charge in [0, 0.05) is 17.8 Å². The van der Waals surface area contributed by atoms with Crippen LogP contribution in [-0.4, -0.2) is 18.9 Å². The number of hydrogen-bond acceptors (Lipinski definition) is 4. The highest BCUT2D eigenvalue weighted by Crippen LogP contribution is 2.27. The first-order valence-corrected chi connectivity index (χ1v) is 11.3. The third kappa shape index (κ3) is 4.00. The summed E-state index contributed by atoms with van der Waals surface area (Å²) >= 11 is 1.56. The molecule has 0 saturated heterocycles. The summed E-state index contributed by atoms with van der Waals surface area (Å²) in [5, 5.41) is 9.91. The number of aromatic nitrogens is 1. The Morgan fingerprint density at radius 1 is 1.10 bits per heavy atom. The summed E-state index contributed by atoms with van der Waals surface area (Å²) in [7, 11) is -3.78. The van der Waals surface area contributed by atoms with E-state index in [0.717, 1.165) is 21.3 Å². The molecule has 4 aromatic rings. The Morgan fingerprint density at radius 3 is 2.43 bits per heavy atom. The summed E-state index contributed by atoms with van der Waals surface area (Å²) in [6.07, 6.45) is 5.42. The van der Waals surface area contributed by atoms with Gasteiger partial charge in [0.25, 0.3) is 5.91 Å². The number of rotatable bonds is 5. The van der Waals surface area contributed by atoms with Gasteiger partial charge in [0.1, 0.15) is 5.69 Å². The number of anilines is 1. The van der Waals surface area contributed by atoms with Crippen molar-refractivity contribution >= 4 is 43.2 Å². The van der Waals surface area contributed by atoms with Crippen LogP contribution in [0.5, 0.6) is 0 Å². The predicted molar refractivity (Wildman–Crippen MR) is 119 cm³/mol. The van der Waals surface area contributed by atoms with Crippen LogP contribution < -0.4 is 10.5 Å². The molecule has 2 aromatic heterocycles. The Kier molecular flexibility index (Phi) is 5.18. The van der Waals surface area contributed by atoms with Gasteiger partial charge in [0.2, 0.25) is 10.0 Å². The van der Waals surface area contributed by atoms with Gasteiger partial charge in [-0.25, -0.2) is 13.6 Å². The summed E-state index contributed by atoms with van der Waals surface area (Å²) in [6.45, 7) is 0.512. The molecule has 0 fully saturated rings. The van der Waals surface area contributed by atoms with Crippen molar-refractivity contribution < 1.29 is 13.2 Å². The van der Waals surface area contributed by atoms with Crippen molar-refractivity contribution in [2.45, 2.75) is 11.4 Å². The molecule has 0 aliphatic carbocycles. The number of carbonyl (C=O) groups excluding carboxylic acids is 1. The molecule has 6 nitrogen and oxygen atoms in total. The van der Waals surface area contributed by atoms with Crippen molar-refractivity contribution in [3.05, 3.63) is 82.9 Å². The fraction of sp³-hybridized carbons (Fsp3) is 0.0455. The van der Waals surface area contributed by atoms with Crippen molar-refractivity contribution in [1.29, 1.82) is 0 Å². The van der Waals surface area contributed by atoms with Crippen molar-refractivity contribution in [3.8, 4) is 12.3 Å². The zero-order chi connectivity index (χ0) is 21.3. The molecule has 0 atom stereocenters. The van der Waals surface area contributed by atoms with E-state index in [2.05, 4.69) is 11.2 Å². The summed E-state index contributed by atoms with van der Waals surface area (Å²) in [4.78, 5) is 13.0. The Labute approximate surface area is 178 Å². The fourth-order valence-corrected chi connectivity index (χ4v) is 4.49. The first kappa shape index (κ1) is 19.9. The number of primary sulfonamides is 1. The molecule has 0 aliphatic heterocycles. The van der Waals surface area contributed by atoms with Gasteiger partial charge in [-0.1, -0.05) is 18.1 Å². The highest BCUT2D eigenvalue weighted by molar-refractivity contribution is 7.89. The molecule has 0 aliphatic rings. The van der Waals surface area contributed by atoms with E-state index in [1.165, 1.54) is 24.3 Å². The highest BCUT2D eigenvalue weighted by atomic mass is 32.2. The Bertz CT molecular complexity index is 1370. The summed E-state index contributed by atoms with van der Waals surface area (Å²) in [5.74, 6) is 2.30. The van der Waals surface area contributed by atoms with Crippen LogP contribution in [0.3, 0.4) is 0 Å². The maximum Gasteiger partial charge on any atom is 0.272 e. The summed E-state index contributed by atoms with van der Waals surface area (Å²) < 4.78 is 25.7. The minimum absolute atomic E-state index is 0.0141. The molecule has 8 heteroatoms. The van der Waals surface area contributed by atoms with Crippen LogP contribution in [0.1, 0.15) is 21.6 Å². The molecule has 0 radical (unpaired) electrons. The SMILES string of the molecule is C#Cc1ccc(Cn2c(C(=O)Nc3ccc(S(N)(=O)=O)cc3)cc3sccc32)cc1. The quantitative estimate of drug-likeness (QED) is 0.469. The zero-order valence-corrected chi connectivity index (χ0v) is 17.3. The molecule has 0 saturated carbocycles. The highest BCUT2D eigenvalue weighted by Gasteiger charge is 2.17. The van der Waals surface area contributed by atoms with E-state index >= 15 is 0 Å². The Hall–Kier alpha value is -3.38. The second kappa shape index (κ2) is 7.80. The summed E-state index contributed by atoms with van der Waals surface area (Å²) in [6, 6.07) is 17.2. The van der Waals surface area contributed by atoms with Crippen molar-refractivity contribution in [3.63, 3.8) is 0 Å². The van der Waals surface area contributed by atoms with Gasteiger partial charge >= 0.3 is 0 Å². The van der Waals surface area contributed by atoms with Gasteiger partial charge in [0.15, 0.2) is 0 Å². The third-order valence-electron chi connectivity index (χ3n) is 4.66. The van der Waals surface area contributed by atoms with Gasteiger partial charge in [-0.15, -0.1) is 17.8 Å². The third-order valence-corrected chi connectivity index (χ3v) is 6.44. The average molecular weight is 436 g/mol. The molecule has 0 unspecified atom stereocenters. The van der Waals surface area contributed by atoms with Crippen molar-refractivity contribution in [1.82, 2.24) is 4.57 Å². The van der Waals surface area contributed by atoms with Crippen molar-refractivity contribution in [2.24, 2.45) is 5.14 Å². The van der Waals surface area contributed by atoms with Gasteiger partial charge < -0.3 is 9.88 Å². The standard InChI is InChI=1S/C22H17N3O3S2/c1-2-15-3-5-16(6-4-15)14-25-19-11-12-29-21(19)13-20(25)22(26)24-17-7-9-18(10-8-17)30(23,27)28/h1,3-13H,14H2,(H,24,26)(H2,23,27,28). The number of benzene rings is 2. The molecule has 2 aromatic carbocycles. The number of hydrogen-bond donors (Lipinski definition) is 2. The molecular formula is C22H17N3O3S2. The van der Waals surface area contributed by atoms with E-state index in [9.17, 15) is 13.2 Å². The van der Waals surface area contributed by atoms with E-state index in [1.807, 2.05) is 46.3 Å². The number of fused-ring (bicyclic) bond motifs is 1. The molecule has 0 bridgehead atoms. The van der Waals surface area contributed by atoms with Crippen LogP contribution in [0.25, 0.3) is 10.2 Å². The van der Waals surface area contributed by atoms with Crippen LogP contribution >= 0.6 is 11.3 Å². The first-order chi connectivity index (χ1) is 14.3. The van der Waals surface area contributed by atoms with Crippen LogP contribution in [0.15, 0.2) is 70.9 Å². The zero-order valence-electron chi connectivity index (χ0n) is 15.7. The van der Waals surface area contributed by atoms with Gasteiger partial charge in [-0.3, -0.25) is 4.79 Å². The molecule has 150 valence electrons. The Balaban J connectivity index is 1.63. The van der Waals surface area contributed by atoms with Crippen molar-refractivity contribution in [2.75, 3.05) is 5.32 Å². The number of nitrogens with zero attached hydrogens (tertiary/aromatic N) is 1.